The predicted octanol–water partition coefficient (Wildman–Crippen LogP) is 1.48. The maximum absolute atomic E-state index is 5.53. The first-order chi connectivity index (χ1) is 8.36. The number of rotatable bonds is 2. The van der Waals surface area contributed by atoms with Crippen molar-refractivity contribution in [3.63, 3.8) is 0 Å². The summed E-state index contributed by atoms with van der Waals surface area (Å²) in [5.74, 6) is 0.747. The molecular weight excluding hydrogens is 214 g/mol. The van der Waals surface area contributed by atoms with E-state index in [2.05, 4.69) is 19.9 Å². The van der Waals surface area contributed by atoms with Gasteiger partial charge in [0.05, 0.1) is 17.2 Å². The molecule has 3 aromatic heterocycles. The molecule has 0 aliphatic heterocycles. The number of nitrogens with one attached hydrogen (secondary N) is 1. The van der Waals surface area contributed by atoms with E-state index in [4.69, 9.17) is 5.73 Å². The third-order valence-corrected chi connectivity index (χ3v) is 2.59. The van der Waals surface area contributed by atoms with Crippen molar-refractivity contribution in [3.8, 4) is 11.5 Å². The Bertz CT molecular complexity index is 608. The Morgan fingerprint density at radius 2 is 2.12 bits per heavy atom. The highest BCUT2D eigenvalue weighted by Crippen LogP contribution is 2.17. The first-order valence-electron chi connectivity index (χ1n) is 5.32. The van der Waals surface area contributed by atoms with Crippen molar-refractivity contribution < 1.29 is 0 Å². The molecule has 0 saturated heterocycles. The summed E-state index contributed by atoms with van der Waals surface area (Å²) in [6.07, 6.45) is 5.23. The Kier molecular flexibility index (Phi) is 2.31. The Balaban J connectivity index is 2.07. The summed E-state index contributed by atoms with van der Waals surface area (Å²) in [5.41, 5.74) is 9.14. The third-order valence-electron chi connectivity index (χ3n) is 2.59. The van der Waals surface area contributed by atoms with Crippen LogP contribution in [0.15, 0.2) is 36.8 Å². The van der Waals surface area contributed by atoms with Crippen LogP contribution in [-0.2, 0) is 6.54 Å². The smallest absolute Gasteiger partial charge is 0.157 e. The third kappa shape index (κ3) is 1.76. The van der Waals surface area contributed by atoms with E-state index >= 15 is 0 Å². The van der Waals surface area contributed by atoms with E-state index in [9.17, 15) is 0 Å². The van der Waals surface area contributed by atoms with E-state index in [0.29, 0.717) is 6.54 Å². The van der Waals surface area contributed by atoms with Crippen LogP contribution >= 0.6 is 0 Å². The van der Waals surface area contributed by atoms with E-state index in [1.165, 1.54) is 0 Å². The monoisotopic (exact) mass is 225 g/mol. The minimum Gasteiger partial charge on any atom is -0.335 e. The molecule has 0 aromatic carbocycles. The molecule has 5 nitrogen and oxygen atoms in total. The minimum absolute atomic E-state index is 0.497. The summed E-state index contributed by atoms with van der Waals surface area (Å²) in [6, 6.07) is 5.73. The highest BCUT2D eigenvalue weighted by molar-refractivity contribution is 5.77. The van der Waals surface area contributed by atoms with Gasteiger partial charge in [-0.1, -0.05) is 6.07 Å². The first-order valence-corrected chi connectivity index (χ1v) is 5.32. The Morgan fingerprint density at radius 1 is 1.18 bits per heavy atom. The van der Waals surface area contributed by atoms with Crippen molar-refractivity contribution in [2.24, 2.45) is 5.73 Å². The van der Waals surface area contributed by atoms with Crippen molar-refractivity contribution in [1.82, 2.24) is 19.9 Å². The summed E-state index contributed by atoms with van der Waals surface area (Å²) in [4.78, 5) is 16.0. The minimum atomic E-state index is 0.497. The van der Waals surface area contributed by atoms with Crippen molar-refractivity contribution in [3.05, 3.63) is 42.4 Å². The maximum Gasteiger partial charge on any atom is 0.157 e. The molecule has 17 heavy (non-hydrogen) atoms. The van der Waals surface area contributed by atoms with Gasteiger partial charge in [0.1, 0.15) is 5.69 Å². The molecule has 0 bridgehead atoms. The summed E-state index contributed by atoms with van der Waals surface area (Å²) < 4.78 is 0. The average Bonchev–Trinajstić information content (AvgIpc) is 2.82. The Morgan fingerprint density at radius 3 is 2.82 bits per heavy atom. The zero-order valence-corrected chi connectivity index (χ0v) is 9.09. The van der Waals surface area contributed by atoms with Gasteiger partial charge >= 0.3 is 0 Å². The second-order valence-electron chi connectivity index (χ2n) is 3.73. The van der Waals surface area contributed by atoms with Gasteiger partial charge in [-0.25, -0.2) is 4.98 Å². The quantitative estimate of drug-likeness (QED) is 0.692. The van der Waals surface area contributed by atoms with Crippen LogP contribution < -0.4 is 5.73 Å². The molecule has 0 aliphatic rings. The zero-order valence-electron chi connectivity index (χ0n) is 9.09. The number of aromatic amines is 1. The van der Waals surface area contributed by atoms with Gasteiger partial charge in [-0.05, 0) is 17.7 Å². The van der Waals surface area contributed by atoms with Crippen molar-refractivity contribution >= 4 is 11.0 Å². The highest BCUT2D eigenvalue weighted by atomic mass is 15.0. The molecule has 0 atom stereocenters. The van der Waals surface area contributed by atoms with Crippen LogP contribution in [0, 0.1) is 0 Å². The van der Waals surface area contributed by atoms with Crippen molar-refractivity contribution in [1.29, 1.82) is 0 Å². The lowest BCUT2D eigenvalue weighted by atomic mass is 10.2. The number of hydrogen-bond acceptors (Lipinski definition) is 4. The van der Waals surface area contributed by atoms with Crippen LogP contribution in [0.3, 0.4) is 0 Å². The van der Waals surface area contributed by atoms with Crippen LogP contribution in [-0.4, -0.2) is 19.9 Å². The second-order valence-corrected chi connectivity index (χ2v) is 3.73. The fourth-order valence-corrected chi connectivity index (χ4v) is 1.66. The molecule has 0 spiro atoms. The molecule has 0 aliphatic carbocycles. The van der Waals surface area contributed by atoms with Gasteiger partial charge in [-0.15, -0.1) is 0 Å². The molecule has 0 fully saturated rings. The van der Waals surface area contributed by atoms with E-state index in [0.717, 1.165) is 28.1 Å². The summed E-state index contributed by atoms with van der Waals surface area (Å²) in [5, 5.41) is 0. The fraction of sp³-hybridized carbons (Fsp3) is 0.0833. The molecule has 0 amide bonds. The fourth-order valence-electron chi connectivity index (χ4n) is 1.66. The number of nitrogens with zero attached hydrogens (tertiary/aromatic N) is 3. The van der Waals surface area contributed by atoms with Gasteiger partial charge in [0, 0.05) is 18.9 Å². The number of nitrogens with two attached hydrogens (primary N) is 1. The largest absolute Gasteiger partial charge is 0.335 e. The van der Waals surface area contributed by atoms with Crippen LogP contribution in [0.1, 0.15) is 5.56 Å². The summed E-state index contributed by atoms with van der Waals surface area (Å²) >= 11 is 0. The standard InChI is InChI=1S/C12H11N5/c13-5-8-1-2-10(15-6-8)12-16-9-3-4-14-7-11(9)17-12/h1-4,6-7H,5,13H2,(H,16,17). The molecule has 3 heterocycles. The van der Waals surface area contributed by atoms with Crippen LogP contribution in [0.2, 0.25) is 0 Å². The highest BCUT2D eigenvalue weighted by Gasteiger charge is 2.05. The number of pyridine rings is 2. The van der Waals surface area contributed by atoms with Crippen LogP contribution in [0.5, 0.6) is 0 Å². The van der Waals surface area contributed by atoms with E-state index in [-0.39, 0.29) is 0 Å². The average molecular weight is 225 g/mol. The molecule has 3 rings (SSSR count). The molecule has 0 radical (unpaired) electrons. The SMILES string of the molecule is NCc1ccc(-c2nc3ccncc3[nH]2)nc1. The number of aromatic nitrogens is 4. The van der Waals surface area contributed by atoms with Gasteiger partial charge in [-0.2, -0.15) is 0 Å². The van der Waals surface area contributed by atoms with Gasteiger partial charge in [-0.3, -0.25) is 9.97 Å². The van der Waals surface area contributed by atoms with E-state index in [1.807, 2.05) is 18.2 Å². The van der Waals surface area contributed by atoms with Gasteiger partial charge in [0.2, 0.25) is 0 Å². The van der Waals surface area contributed by atoms with Crippen LogP contribution in [0.4, 0.5) is 0 Å². The van der Waals surface area contributed by atoms with E-state index < -0.39 is 0 Å². The lowest BCUT2D eigenvalue weighted by molar-refractivity contribution is 1.05. The van der Waals surface area contributed by atoms with Crippen molar-refractivity contribution in [2.75, 3.05) is 0 Å². The van der Waals surface area contributed by atoms with Gasteiger partial charge < -0.3 is 10.7 Å². The summed E-state index contributed by atoms with van der Waals surface area (Å²) in [7, 11) is 0. The lowest BCUT2D eigenvalue weighted by Gasteiger charge is -1.97. The maximum atomic E-state index is 5.53. The predicted molar refractivity (Wildman–Crippen MR) is 65.0 cm³/mol. The van der Waals surface area contributed by atoms with E-state index in [1.54, 1.807) is 18.6 Å². The van der Waals surface area contributed by atoms with Gasteiger partial charge in [0.15, 0.2) is 5.82 Å². The zero-order chi connectivity index (χ0) is 11.7. The number of hydrogen-bond donors (Lipinski definition) is 2. The van der Waals surface area contributed by atoms with Gasteiger partial charge in [0.25, 0.3) is 0 Å². The van der Waals surface area contributed by atoms with Crippen molar-refractivity contribution in [2.45, 2.75) is 6.54 Å². The van der Waals surface area contributed by atoms with Crippen LogP contribution in [0.25, 0.3) is 22.6 Å². The molecule has 0 unspecified atom stereocenters. The molecule has 3 N–H and O–H groups in total. The first kappa shape index (κ1) is 9.92. The Labute approximate surface area is 97.7 Å². The summed E-state index contributed by atoms with van der Waals surface area (Å²) in [6.45, 7) is 0.497. The lowest BCUT2D eigenvalue weighted by Crippen LogP contribution is -1.97. The second kappa shape index (κ2) is 3.95. The molecule has 84 valence electrons. The molecule has 3 aromatic rings. The topological polar surface area (TPSA) is 80.5 Å². The number of imidazole rings is 1. The normalized spacial score (nSPS) is 10.9. The molecular formula is C12H11N5. The number of fused-ring (bicyclic) bond motifs is 1. The Hall–Kier alpha value is -2.27. The number of H-pyrrole nitrogens is 1. The molecule has 5 heteroatoms. The molecule has 0 saturated carbocycles.